The maximum atomic E-state index is 9.13. The summed E-state index contributed by atoms with van der Waals surface area (Å²) in [7, 11) is 2.97. The van der Waals surface area contributed by atoms with Crippen molar-refractivity contribution in [2.24, 2.45) is 0 Å². The first kappa shape index (κ1) is 7.53. The van der Waals surface area contributed by atoms with Gasteiger partial charge in [0.1, 0.15) is 8.03 Å². The summed E-state index contributed by atoms with van der Waals surface area (Å²) in [6, 6.07) is 0. The lowest BCUT2D eigenvalue weighted by Crippen LogP contribution is -1.57. The van der Waals surface area contributed by atoms with Crippen LogP contribution < -0.4 is 0 Å². The molecule has 9 heavy (non-hydrogen) atoms. The van der Waals surface area contributed by atoms with Crippen molar-refractivity contribution in [3.8, 4) is 5.75 Å². The maximum absolute atomic E-state index is 9.13. The Morgan fingerprint density at radius 1 is 1.56 bits per heavy atom. The van der Waals surface area contributed by atoms with E-state index in [0.717, 1.165) is 4.21 Å². The third-order valence-electron chi connectivity index (χ3n) is 0.765. The van der Waals surface area contributed by atoms with E-state index in [1.807, 2.05) is 6.26 Å². The van der Waals surface area contributed by atoms with Crippen molar-refractivity contribution in [3.63, 3.8) is 0 Å². The van der Waals surface area contributed by atoms with Gasteiger partial charge in [-0.25, -0.2) is 0 Å². The van der Waals surface area contributed by atoms with Crippen LogP contribution >= 0.6 is 44.7 Å². The first-order valence-corrected chi connectivity index (χ1v) is 5.90. The molecule has 0 spiro atoms. The summed E-state index contributed by atoms with van der Waals surface area (Å²) in [5, 5.41) is 9.13. The summed E-state index contributed by atoms with van der Waals surface area (Å²) < 4.78 is 1.52. The number of aromatic hydroxyl groups is 1. The van der Waals surface area contributed by atoms with Gasteiger partial charge in [-0.1, -0.05) is 32.9 Å². The van der Waals surface area contributed by atoms with E-state index in [1.165, 1.54) is 32.4 Å². The molecule has 0 bridgehead atoms. The zero-order valence-electron chi connectivity index (χ0n) is 4.58. The van der Waals surface area contributed by atoms with Crippen LogP contribution in [0.25, 0.3) is 0 Å². The molecule has 50 valence electrons. The minimum atomic E-state index is 0.285. The largest absolute Gasteiger partial charge is 0.504 e. The van der Waals surface area contributed by atoms with Gasteiger partial charge in [-0.3, -0.25) is 0 Å². The van der Waals surface area contributed by atoms with Crippen LogP contribution in [0.1, 0.15) is 0 Å². The van der Waals surface area contributed by atoms with Gasteiger partial charge in [0.2, 0.25) is 0 Å². The average molecular weight is 196 g/mol. The highest BCUT2D eigenvalue weighted by Crippen LogP contribution is 2.37. The van der Waals surface area contributed by atoms with E-state index in [4.69, 9.17) is 17.3 Å². The van der Waals surface area contributed by atoms with Gasteiger partial charge in [-0.05, 0) is 6.26 Å². The van der Waals surface area contributed by atoms with Crippen LogP contribution in [0.2, 0.25) is 0 Å². The Hall–Kier alpha value is 0.420. The number of hydrogen-bond acceptors (Lipinski definition) is 5. The Labute approximate surface area is 69.7 Å². The van der Waals surface area contributed by atoms with Crippen molar-refractivity contribution in [2.75, 3.05) is 6.26 Å². The molecule has 5 heteroatoms. The molecule has 0 aromatic carbocycles. The van der Waals surface area contributed by atoms with E-state index in [1.54, 1.807) is 0 Å². The quantitative estimate of drug-likeness (QED) is 0.423. The predicted octanol–water partition coefficient (Wildman–Crippen LogP) is 2.97. The molecule has 0 aliphatic carbocycles. The van der Waals surface area contributed by atoms with Gasteiger partial charge in [0.15, 0.2) is 5.75 Å². The van der Waals surface area contributed by atoms with Gasteiger partial charge < -0.3 is 5.11 Å². The van der Waals surface area contributed by atoms with Crippen LogP contribution in [0.3, 0.4) is 0 Å². The second-order valence-corrected chi connectivity index (χ2v) is 5.19. The first-order chi connectivity index (χ1) is 4.25. The van der Waals surface area contributed by atoms with Crippen LogP contribution in [0.15, 0.2) is 4.21 Å². The molecule has 1 rings (SSSR count). The van der Waals surface area contributed by atoms with Crippen LogP contribution in [0.5, 0.6) is 5.75 Å². The van der Waals surface area contributed by atoms with Crippen LogP contribution in [0.4, 0.5) is 0 Å². The third kappa shape index (κ3) is 1.46. The second-order valence-electron chi connectivity index (χ2n) is 1.29. The number of thioether (sulfide) groups is 1. The first-order valence-electron chi connectivity index (χ1n) is 2.12. The van der Waals surface area contributed by atoms with E-state index in [2.05, 4.69) is 0 Å². The summed E-state index contributed by atoms with van der Waals surface area (Å²) in [6.07, 6.45) is 1.92. The molecule has 0 aliphatic heterocycles. The Morgan fingerprint density at radius 2 is 2.22 bits per heavy atom. The van der Waals surface area contributed by atoms with Gasteiger partial charge in [0, 0.05) is 0 Å². The van der Waals surface area contributed by atoms with Crippen LogP contribution in [0, 0.1) is 3.82 Å². The van der Waals surface area contributed by atoms with E-state index >= 15 is 0 Å². The highest BCUT2D eigenvalue weighted by molar-refractivity contribution is 8.02. The Bertz CT molecular complexity index is 247. The Morgan fingerprint density at radius 3 is 2.44 bits per heavy atom. The highest BCUT2D eigenvalue weighted by atomic mass is 32.9. The van der Waals surface area contributed by atoms with Crippen molar-refractivity contribution in [2.45, 2.75) is 4.21 Å². The molecule has 0 unspecified atom stereocenters. The van der Waals surface area contributed by atoms with E-state index < -0.39 is 0 Å². The minimum absolute atomic E-state index is 0.285. The van der Waals surface area contributed by atoms with Gasteiger partial charge >= 0.3 is 0 Å². The summed E-state index contributed by atoms with van der Waals surface area (Å²) in [6.45, 7) is 0. The normalized spacial score (nSPS) is 9.89. The second kappa shape index (κ2) is 3.01. The van der Waals surface area contributed by atoms with Crippen LogP contribution in [-0.2, 0) is 0 Å². The summed E-state index contributed by atoms with van der Waals surface area (Å²) in [5.41, 5.74) is 0. The topological polar surface area (TPSA) is 20.2 Å². The van der Waals surface area contributed by atoms with Crippen LogP contribution in [-0.4, -0.2) is 11.4 Å². The molecule has 0 atom stereocenters. The van der Waals surface area contributed by atoms with Crippen molar-refractivity contribution >= 4 is 44.7 Å². The summed E-state index contributed by atoms with van der Waals surface area (Å²) in [4.78, 5) is 0. The van der Waals surface area contributed by atoms with Crippen molar-refractivity contribution in [3.05, 3.63) is 3.82 Å². The minimum Gasteiger partial charge on any atom is -0.504 e. The molecule has 1 aromatic rings. The molecular weight excluding hydrogens is 192 g/mol. The fourth-order valence-electron chi connectivity index (χ4n) is 0.369. The third-order valence-corrected chi connectivity index (χ3v) is 5.18. The maximum Gasteiger partial charge on any atom is 0.169 e. The molecule has 0 aliphatic rings. The number of rotatable bonds is 1. The molecule has 1 N–H and O–H groups in total. The average Bonchev–Trinajstić information content (AvgIpc) is 2.15. The Kier molecular flexibility index (Phi) is 2.51. The lowest BCUT2D eigenvalue weighted by Gasteiger charge is -1.85. The predicted molar refractivity (Wildman–Crippen MR) is 46.5 cm³/mol. The molecule has 0 fully saturated rings. The SMILES string of the molecule is CSc1ssc(=S)c1O. The molecule has 0 radical (unpaired) electrons. The summed E-state index contributed by atoms with van der Waals surface area (Å²) >= 11 is 6.33. The smallest absolute Gasteiger partial charge is 0.169 e. The fraction of sp³-hybridized carbons (Fsp3) is 0.250. The van der Waals surface area contributed by atoms with Crippen molar-refractivity contribution in [1.29, 1.82) is 0 Å². The lowest BCUT2D eigenvalue weighted by molar-refractivity contribution is 0.466. The molecule has 0 amide bonds. The summed E-state index contributed by atoms with van der Waals surface area (Å²) in [5.74, 6) is 0.285. The molecule has 0 saturated carbocycles. The van der Waals surface area contributed by atoms with Gasteiger partial charge in [0.25, 0.3) is 0 Å². The monoisotopic (exact) mass is 196 g/mol. The number of hydrogen-bond donors (Lipinski definition) is 1. The molecular formula is C4H4OS4. The van der Waals surface area contributed by atoms with E-state index in [-0.39, 0.29) is 5.75 Å². The molecule has 1 nitrogen and oxygen atoms in total. The molecule has 0 saturated heterocycles. The Balaban J connectivity index is 3.20. The van der Waals surface area contributed by atoms with Crippen molar-refractivity contribution in [1.82, 2.24) is 0 Å². The van der Waals surface area contributed by atoms with E-state index in [9.17, 15) is 0 Å². The van der Waals surface area contributed by atoms with Crippen molar-refractivity contribution < 1.29 is 5.11 Å². The molecule has 1 aromatic heterocycles. The van der Waals surface area contributed by atoms with Gasteiger partial charge in [-0.15, -0.1) is 11.8 Å². The van der Waals surface area contributed by atoms with Gasteiger partial charge in [0.05, 0.1) is 0 Å². The standard InChI is InChI=1S/C4H4OS4/c1-7-4-2(5)3(6)8-9-4/h5H,1H3. The molecule has 1 heterocycles. The van der Waals surface area contributed by atoms with E-state index in [0.29, 0.717) is 3.82 Å². The lowest BCUT2D eigenvalue weighted by atomic mass is 10.7. The zero-order valence-corrected chi connectivity index (χ0v) is 7.85. The van der Waals surface area contributed by atoms with Gasteiger partial charge in [-0.2, -0.15) is 0 Å². The highest BCUT2D eigenvalue weighted by Gasteiger charge is 2.02. The zero-order chi connectivity index (χ0) is 6.85. The fourth-order valence-corrected chi connectivity index (χ4v) is 3.96.